The zero-order valence-corrected chi connectivity index (χ0v) is 9.40. The van der Waals surface area contributed by atoms with Crippen molar-refractivity contribution in [2.45, 2.75) is 39.8 Å². The number of aromatic nitrogens is 2. The maximum Gasteiger partial charge on any atom is 0.0534 e. The minimum Gasteiger partial charge on any atom is -0.312 e. The smallest absolute Gasteiger partial charge is 0.0534 e. The summed E-state index contributed by atoms with van der Waals surface area (Å²) in [6.07, 6.45) is 5.05. The molecule has 3 nitrogen and oxygen atoms in total. The van der Waals surface area contributed by atoms with Crippen LogP contribution in [0.2, 0.25) is 0 Å². The van der Waals surface area contributed by atoms with Gasteiger partial charge in [0.15, 0.2) is 0 Å². The Bertz CT molecular complexity index is 231. The molecule has 0 aliphatic carbocycles. The van der Waals surface area contributed by atoms with Gasteiger partial charge < -0.3 is 5.32 Å². The van der Waals surface area contributed by atoms with Crippen LogP contribution >= 0.6 is 0 Å². The quantitative estimate of drug-likeness (QED) is 0.751. The van der Waals surface area contributed by atoms with Crippen molar-refractivity contribution in [1.82, 2.24) is 15.1 Å². The molecule has 14 heavy (non-hydrogen) atoms. The summed E-state index contributed by atoms with van der Waals surface area (Å²) in [5.74, 6) is 0.743. The van der Waals surface area contributed by atoms with E-state index in [1.54, 1.807) is 0 Å². The molecule has 0 fully saturated rings. The van der Waals surface area contributed by atoms with Gasteiger partial charge in [0, 0.05) is 25.0 Å². The van der Waals surface area contributed by atoms with Crippen molar-refractivity contribution in [1.29, 1.82) is 0 Å². The van der Waals surface area contributed by atoms with E-state index < -0.39 is 0 Å². The monoisotopic (exact) mass is 195 g/mol. The Labute approximate surface area is 86.5 Å². The van der Waals surface area contributed by atoms with Crippen LogP contribution in [0.25, 0.3) is 0 Å². The van der Waals surface area contributed by atoms with E-state index in [4.69, 9.17) is 0 Å². The van der Waals surface area contributed by atoms with Crippen molar-refractivity contribution >= 4 is 0 Å². The summed E-state index contributed by atoms with van der Waals surface area (Å²) in [7, 11) is 0. The molecule has 0 amide bonds. The fraction of sp³-hybridized carbons (Fsp3) is 0.727. The number of nitrogens with one attached hydrogen (secondary N) is 1. The Kier molecular flexibility index (Phi) is 4.66. The van der Waals surface area contributed by atoms with E-state index in [9.17, 15) is 0 Å². The summed E-state index contributed by atoms with van der Waals surface area (Å²) < 4.78 is 1.95. The van der Waals surface area contributed by atoms with Crippen LogP contribution in [0.3, 0.4) is 0 Å². The molecule has 3 heteroatoms. The average molecular weight is 195 g/mol. The molecule has 1 N–H and O–H groups in total. The molecule has 0 bridgehead atoms. The first kappa shape index (κ1) is 11.2. The van der Waals surface area contributed by atoms with Crippen molar-refractivity contribution in [3.63, 3.8) is 0 Å². The van der Waals surface area contributed by atoms with Crippen LogP contribution in [0.5, 0.6) is 0 Å². The molecule has 2 unspecified atom stereocenters. The highest BCUT2D eigenvalue weighted by Gasteiger charge is 2.08. The third-order valence-corrected chi connectivity index (χ3v) is 2.86. The topological polar surface area (TPSA) is 29.9 Å². The lowest BCUT2D eigenvalue weighted by Crippen LogP contribution is -2.34. The Morgan fingerprint density at radius 3 is 2.79 bits per heavy atom. The van der Waals surface area contributed by atoms with Gasteiger partial charge in [-0.1, -0.05) is 20.3 Å². The number of rotatable bonds is 6. The van der Waals surface area contributed by atoms with Gasteiger partial charge in [0.05, 0.1) is 6.54 Å². The highest BCUT2D eigenvalue weighted by Crippen LogP contribution is 2.05. The van der Waals surface area contributed by atoms with Gasteiger partial charge in [-0.25, -0.2) is 0 Å². The molecule has 0 aromatic carbocycles. The SMILES string of the molecule is CCC(C)C(C)NCCn1cccn1. The van der Waals surface area contributed by atoms with Gasteiger partial charge in [0.25, 0.3) is 0 Å². The number of hydrogen-bond donors (Lipinski definition) is 1. The maximum atomic E-state index is 4.15. The Morgan fingerprint density at radius 1 is 1.43 bits per heavy atom. The average Bonchev–Trinajstić information content (AvgIpc) is 2.69. The summed E-state index contributed by atoms with van der Waals surface area (Å²) in [6.45, 7) is 8.71. The van der Waals surface area contributed by atoms with E-state index in [1.807, 2.05) is 23.1 Å². The van der Waals surface area contributed by atoms with Crippen LogP contribution in [-0.4, -0.2) is 22.4 Å². The second-order valence-corrected chi connectivity index (χ2v) is 3.90. The molecule has 0 spiro atoms. The molecule has 1 aromatic heterocycles. The van der Waals surface area contributed by atoms with Gasteiger partial charge in [-0.3, -0.25) is 4.68 Å². The number of nitrogens with zero attached hydrogens (tertiary/aromatic N) is 2. The first-order valence-electron chi connectivity index (χ1n) is 5.44. The van der Waals surface area contributed by atoms with E-state index in [1.165, 1.54) is 6.42 Å². The highest BCUT2D eigenvalue weighted by atomic mass is 15.3. The largest absolute Gasteiger partial charge is 0.312 e. The van der Waals surface area contributed by atoms with Gasteiger partial charge in [0.2, 0.25) is 0 Å². The van der Waals surface area contributed by atoms with Crippen LogP contribution in [-0.2, 0) is 6.54 Å². The molecule has 0 aliphatic heterocycles. The van der Waals surface area contributed by atoms with Crippen LogP contribution in [0.15, 0.2) is 18.5 Å². The lowest BCUT2D eigenvalue weighted by Gasteiger charge is -2.19. The summed E-state index contributed by atoms with van der Waals surface area (Å²) >= 11 is 0. The molecule has 0 radical (unpaired) electrons. The molecule has 0 saturated carbocycles. The molecular weight excluding hydrogens is 174 g/mol. The lowest BCUT2D eigenvalue weighted by molar-refractivity contribution is 0.380. The van der Waals surface area contributed by atoms with Crippen molar-refractivity contribution in [2.75, 3.05) is 6.54 Å². The van der Waals surface area contributed by atoms with Gasteiger partial charge in [-0.05, 0) is 18.9 Å². The van der Waals surface area contributed by atoms with Gasteiger partial charge in [-0.2, -0.15) is 5.10 Å². The Hall–Kier alpha value is -0.830. The molecule has 1 heterocycles. The third kappa shape index (κ3) is 3.50. The van der Waals surface area contributed by atoms with E-state index in [0.29, 0.717) is 6.04 Å². The first-order valence-corrected chi connectivity index (χ1v) is 5.44. The van der Waals surface area contributed by atoms with Crippen LogP contribution < -0.4 is 5.32 Å². The normalized spacial score (nSPS) is 15.4. The van der Waals surface area contributed by atoms with E-state index in [-0.39, 0.29) is 0 Å². The summed E-state index contributed by atoms with van der Waals surface area (Å²) in [6, 6.07) is 2.55. The minimum absolute atomic E-state index is 0.593. The second-order valence-electron chi connectivity index (χ2n) is 3.90. The lowest BCUT2D eigenvalue weighted by atomic mass is 10.0. The molecule has 2 atom stereocenters. The standard InChI is InChI=1S/C11H21N3/c1-4-10(2)11(3)12-7-9-14-8-5-6-13-14/h5-6,8,10-12H,4,7,9H2,1-3H3. The zero-order chi connectivity index (χ0) is 10.4. The van der Waals surface area contributed by atoms with Gasteiger partial charge in [-0.15, -0.1) is 0 Å². The number of hydrogen-bond acceptors (Lipinski definition) is 2. The summed E-state index contributed by atoms with van der Waals surface area (Å²) in [5, 5.41) is 7.67. The minimum atomic E-state index is 0.593. The predicted molar refractivity (Wildman–Crippen MR) is 59.1 cm³/mol. The first-order chi connectivity index (χ1) is 6.74. The summed E-state index contributed by atoms with van der Waals surface area (Å²) in [5.41, 5.74) is 0. The fourth-order valence-electron chi connectivity index (χ4n) is 1.39. The Balaban J connectivity index is 2.15. The molecule has 1 rings (SSSR count). The van der Waals surface area contributed by atoms with Crippen LogP contribution in [0, 0.1) is 5.92 Å². The van der Waals surface area contributed by atoms with E-state index in [2.05, 4.69) is 31.2 Å². The fourth-order valence-corrected chi connectivity index (χ4v) is 1.39. The molecule has 1 aromatic rings. The second kappa shape index (κ2) is 5.81. The molecular formula is C11H21N3. The van der Waals surface area contributed by atoms with Crippen molar-refractivity contribution in [3.8, 4) is 0 Å². The molecule has 80 valence electrons. The summed E-state index contributed by atoms with van der Waals surface area (Å²) in [4.78, 5) is 0. The van der Waals surface area contributed by atoms with Gasteiger partial charge >= 0.3 is 0 Å². The molecule has 0 saturated heterocycles. The van der Waals surface area contributed by atoms with Gasteiger partial charge in [0.1, 0.15) is 0 Å². The van der Waals surface area contributed by atoms with E-state index in [0.717, 1.165) is 19.0 Å². The van der Waals surface area contributed by atoms with Crippen molar-refractivity contribution in [3.05, 3.63) is 18.5 Å². The third-order valence-electron chi connectivity index (χ3n) is 2.86. The van der Waals surface area contributed by atoms with E-state index >= 15 is 0 Å². The maximum absolute atomic E-state index is 4.15. The van der Waals surface area contributed by atoms with Crippen molar-refractivity contribution < 1.29 is 0 Å². The molecule has 0 aliphatic rings. The Morgan fingerprint density at radius 2 is 2.21 bits per heavy atom. The van der Waals surface area contributed by atoms with Crippen molar-refractivity contribution in [2.24, 2.45) is 5.92 Å². The highest BCUT2D eigenvalue weighted by molar-refractivity contribution is 4.78. The van der Waals surface area contributed by atoms with Crippen LogP contribution in [0.1, 0.15) is 27.2 Å². The van der Waals surface area contributed by atoms with Crippen LogP contribution in [0.4, 0.5) is 0 Å². The zero-order valence-electron chi connectivity index (χ0n) is 9.40. The predicted octanol–water partition coefficient (Wildman–Crippen LogP) is 1.91.